The third-order valence-corrected chi connectivity index (χ3v) is 3.02. The van der Waals surface area contributed by atoms with Crippen molar-refractivity contribution in [1.29, 1.82) is 0 Å². The van der Waals surface area contributed by atoms with E-state index in [0.29, 0.717) is 32.9 Å². The predicted octanol–water partition coefficient (Wildman–Crippen LogP) is 4.07. The average Bonchev–Trinajstić information content (AvgIpc) is 2.30. The zero-order valence-corrected chi connectivity index (χ0v) is 11.6. The Hall–Kier alpha value is -1.23. The summed E-state index contributed by atoms with van der Waals surface area (Å²) in [6, 6.07) is 5.05. The molecular weight excluding hydrogens is 295 g/mol. The van der Waals surface area contributed by atoms with Gasteiger partial charge in [-0.1, -0.05) is 23.2 Å². The monoisotopic (exact) mass is 302 g/mol. The van der Waals surface area contributed by atoms with Crippen molar-refractivity contribution in [2.24, 2.45) is 0 Å². The molecule has 0 saturated carbocycles. The highest BCUT2D eigenvalue weighted by molar-refractivity contribution is 6.35. The van der Waals surface area contributed by atoms with E-state index < -0.39 is 0 Å². The second kappa shape index (κ2) is 5.18. The van der Waals surface area contributed by atoms with Crippen LogP contribution in [0, 0.1) is 6.92 Å². The molecule has 2 aromatic rings. The Morgan fingerprint density at radius 2 is 1.89 bits per heavy atom. The second-order valence-corrected chi connectivity index (χ2v) is 4.77. The van der Waals surface area contributed by atoms with Gasteiger partial charge in [-0.25, -0.2) is 4.98 Å². The summed E-state index contributed by atoms with van der Waals surface area (Å²) in [5.74, 6) is 0.400. The Morgan fingerprint density at radius 3 is 2.61 bits per heavy atom. The number of aromatic nitrogens is 2. The van der Waals surface area contributed by atoms with Gasteiger partial charge < -0.3 is 11.1 Å². The Balaban J connectivity index is 2.43. The van der Waals surface area contributed by atoms with Gasteiger partial charge in [-0.05, 0) is 36.7 Å². The van der Waals surface area contributed by atoms with Crippen molar-refractivity contribution >= 4 is 52.0 Å². The number of nitrogens with zero attached hydrogens (tertiary/aromatic N) is 2. The average molecular weight is 304 g/mol. The van der Waals surface area contributed by atoms with Crippen LogP contribution < -0.4 is 11.1 Å². The molecule has 0 aliphatic carbocycles. The number of hydrogen-bond acceptors (Lipinski definition) is 4. The molecule has 0 unspecified atom stereocenters. The first-order valence-electron chi connectivity index (χ1n) is 4.99. The molecule has 94 valence electrons. The number of nitrogens with two attached hydrogens (primary N) is 1. The number of nitrogens with one attached hydrogen (secondary N) is 1. The van der Waals surface area contributed by atoms with Crippen LogP contribution in [0.3, 0.4) is 0 Å². The first-order chi connectivity index (χ1) is 8.47. The summed E-state index contributed by atoms with van der Waals surface area (Å²) in [6.07, 6.45) is 0. The van der Waals surface area contributed by atoms with Gasteiger partial charge in [0.25, 0.3) is 0 Å². The molecule has 4 nitrogen and oxygen atoms in total. The molecule has 18 heavy (non-hydrogen) atoms. The Labute approximate surface area is 119 Å². The van der Waals surface area contributed by atoms with Gasteiger partial charge in [0.1, 0.15) is 0 Å². The van der Waals surface area contributed by atoms with Crippen molar-refractivity contribution in [2.45, 2.75) is 6.92 Å². The summed E-state index contributed by atoms with van der Waals surface area (Å²) in [6.45, 7) is 1.74. The van der Waals surface area contributed by atoms with Gasteiger partial charge in [0.2, 0.25) is 5.28 Å². The molecule has 1 heterocycles. The molecule has 3 N–H and O–H groups in total. The maximum absolute atomic E-state index is 6.04. The Kier molecular flexibility index (Phi) is 3.80. The highest BCUT2D eigenvalue weighted by atomic mass is 35.5. The van der Waals surface area contributed by atoms with E-state index >= 15 is 0 Å². The second-order valence-electron chi connectivity index (χ2n) is 3.59. The first-order valence-corrected chi connectivity index (χ1v) is 6.12. The molecule has 0 saturated heterocycles. The fourth-order valence-electron chi connectivity index (χ4n) is 1.36. The van der Waals surface area contributed by atoms with Gasteiger partial charge in [0.15, 0.2) is 5.82 Å². The van der Waals surface area contributed by atoms with Crippen LogP contribution in [0.15, 0.2) is 18.2 Å². The molecular formula is C11H9Cl3N4. The number of aryl methyl sites for hydroxylation is 1. The molecule has 0 spiro atoms. The molecule has 0 radical (unpaired) electrons. The molecule has 0 atom stereocenters. The summed E-state index contributed by atoms with van der Waals surface area (Å²) in [5, 5.41) is 4.16. The SMILES string of the molecule is Cc1nc(Cl)nc(Nc2cc(Cl)ccc2Cl)c1N. The van der Waals surface area contributed by atoms with Crippen LogP contribution in [0.4, 0.5) is 17.2 Å². The molecule has 1 aromatic carbocycles. The van der Waals surface area contributed by atoms with Crippen molar-refractivity contribution in [1.82, 2.24) is 9.97 Å². The zero-order valence-electron chi connectivity index (χ0n) is 9.34. The largest absolute Gasteiger partial charge is 0.394 e. The van der Waals surface area contributed by atoms with Crippen LogP contribution in [0.1, 0.15) is 5.69 Å². The van der Waals surface area contributed by atoms with Crippen molar-refractivity contribution in [3.05, 3.63) is 39.2 Å². The molecule has 0 aliphatic heterocycles. The van der Waals surface area contributed by atoms with Crippen LogP contribution in [-0.2, 0) is 0 Å². The predicted molar refractivity (Wildman–Crippen MR) is 75.9 cm³/mol. The van der Waals surface area contributed by atoms with Crippen molar-refractivity contribution in [3.63, 3.8) is 0 Å². The van der Waals surface area contributed by atoms with E-state index in [2.05, 4.69) is 15.3 Å². The number of halogens is 3. The lowest BCUT2D eigenvalue weighted by Gasteiger charge is -2.11. The summed E-state index contributed by atoms with van der Waals surface area (Å²) >= 11 is 17.7. The number of rotatable bonds is 2. The number of benzene rings is 1. The lowest BCUT2D eigenvalue weighted by Crippen LogP contribution is -2.04. The summed E-state index contributed by atoms with van der Waals surface area (Å²) < 4.78 is 0. The van der Waals surface area contributed by atoms with Crippen LogP contribution >= 0.6 is 34.8 Å². The standard InChI is InChI=1S/C11H9Cl3N4/c1-5-9(15)10(18-11(14)16-5)17-8-4-6(12)2-3-7(8)13/h2-4H,15H2,1H3,(H,16,17,18). The van der Waals surface area contributed by atoms with E-state index in [1.165, 1.54) is 0 Å². The third kappa shape index (κ3) is 2.77. The summed E-state index contributed by atoms with van der Waals surface area (Å²) in [7, 11) is 0. The van der Waals surface area contributed by atoms with Crippen LogP contribution in [0.2, 0.25) is 15.3 Å². The van der Waals surface area contributed by atoms with Crippen LogP contribution in [0.25, 0.3) is 0 Å². The van der Waals surface area contributed by atoms with Gasteiger partial charge >= 0.3 is 0 Å². The van der Waals surface area contributed by atoms with Gasteiger partial charge in [-0.15, -0.1) is 0 Å². The van der Waals surface area contributed by atoms with Gasteiger partial charge in [-0.2, -0.15) is 4.98 Å². The van der Waals surface area contributed by atoms with Gasteiger partial charge in [-0.3, -0.25) is 0 Å². The quantitative estimate of drug-likeness (QED) is 0.821. The lowest BCUT2D eigenvalue weighted by atomic mass is 10.3. The topological polar surface area (TPSA) is 63.8 Å². The van der Waals surface area contributed by atoms with Crippen LogP contribution in [-0.4, -0.2) is 9.97 Å². The van der Waals surface area contributed by atoms with E-state index in [1.54, 1.807) is 25.1 Å². The van der Waals surface area contributed by atoms with E-state index in [1.807, 2.05) is 0 Å². The van der Waals surface area contributed by atoms with Gasteiger partial charge in [0.05, 0.1) is 22.1 Å². The lowest BCUT2D eigenvalue weighted by molar-refractivity contribution is 1.11. The number of anilines is 3. The van der Waals surface area contributed by atoms with E-state index in [9.17, 15) is 0 Å². The maximum atomic E-state index is 6.04. The van der Waals surface area contributed by atoms with Crippen molar-refractivity contribution in [2.75, 3.05) is 11.1 Å². The minimum atomic E-state index is 0.113. The Bertz CT molecular complexity index is 601. The number of nitrogen functional groups attached to an aromatic ring is 1. The molecule has 0 aliphatic rings. The van der Waals surface area contributed by atoms with E-state index in [0.717, 1.165) is 0 Å². The molecule has 7 heteroatoms. The highest BCUT2D eigenvalue weighted by Crippen LogP contribution is 2.30. The zero-order chi connectivity index (χ0) is 13.3. The summed E-state index contributed by atoms with van der Waals surface area (Å²) in [4.78, 5) is 7.96. The van der Waals surface area contributed by atoms with Gasteiger partial charge in [0, 0.05) is 5.02 Å². The van der Waals surface area contributed by atoms with Crippen molar-refractivity contribution in [3.8, 4) is 0 Å². The maximum Gasteiger partial charge on any atom is 0.224 e. The van der Waals surface area contributed by atoms with E-state index in [-0.39, 0.29) is 5.28 Å². The highest BCUT2D eigenvalue weighted by Gasteiger charge is 2.10. The fourth-order valence-corrected chi connectivity index (χ4v) is 1.91. The minimum absolute atomic E-state index is 0.113. The first kappa shape index (κ1) is 13.2. The van der Waals surface area contributed by atoms with E-state index in [4.69, 9.17) is 40.5 Å². The fraction of sp³-hybridized carbons (Fsp3) is 0.0909. The molecule has 0 amide bonds. The third-order valence-electron chi connectivity index (χ3n) is 2.29. The molecule has 0 fully saturated rings. The summed E-state index contributed by atoms with van der Waals surface area (Å²) in [5.41, 5.74) is 7.47. The molecule has 0 bridgehead atoms. The number of hydrogen-bond donors (Lipinski definition) is 2. The molecule has 2 rings (SSSR count). The van der Waals surface area contributed by atoms with Crippen molar-refractivity contribution < 1.29 is 0 Å². The normalized spacial score (nSPS) is 10.4. The molecule has 1 aromatic heterocycles. The minimum Gasteiger partial charge on any atom is -0.394 e. The smallest absolute Gasteiger partial charge is 0.224 e. The Morgan fingerprint density at radius 1 is 1.17 bits per heavy atom. The van der Waals surface area contributed by atoms with Crippen LogP contribution in [0.5, 0.6) is 0 Å².